The Balaban J connectivity index is 2.07. The average Bonchev–Trinajstić information content (AvgIpc) is 3.10. The quantitative estimate of drug-likeness (QED) is 0.499. The van der Waals surface area contributed by atoms with E-state index >= 15 is 0 Å². The molecule has 3 rings (SSSR count). The standard InChI is InChI=1S/C21H27N7O5/c1-12(2)9-26(16-17(22)27(10-13(3)4)20(31)24-19(16)30)15(29)11-28-18(25-33-21(28)32)14-7-5-6-8-23-14/h5-8,12-13H,9-11,22H2,1-4H3,(H,24,30,31). The zero-order chi connectivity index (χ0) is 24.3. The summed E-state index contributed by atoms with van der Waals surface area (Å²) >= 11 is 0. The van der Waals surface area contributed by atoms with Crippen LogP contribution in [0.3, 0.4) is 0 Å². The van der Waals surface area contributed by atoms with Crippen LogP contribution in [0.15, 0.2) is 43.3 Å². The van der Waals surface area contributed by atoms with E-state index in [4.69, 9.17) is 10.3 Å². The molecule has 1 amide bonds. The highest BCUT2D eigenvalue weighted by atomic mass is 16.5. The minimum Gasteiger partial charge on any atom is -0.383 e. The summed E-state index contributed by atoms with van der Waals surface area (Å²) in [6, 6.07) is 5.02. The summed E-state index contributed by atoms with van der Waals surface area (Å²) in [4.78, 5) is 58.3. The third-order valence-electron chi connectivity index (χ3n) is 4.75. The van der Waals surface area contributed by atoms with Gasteiger partial charge in [-0.2, -0.15) is 0 Å². The number of nitrogens with one attached hydrogen (secondary N) is 1. The van der Waals surface area contributed by atoms with E-state index in [1.807, 2.05) is 27.7 Å². The van der Waals surface area contributed by atoms with E-state index in [-0.39, 0.29) is 42.3 Å². The Morgan fingerprint density at radius 1 is 1.15 bits per heavy atom. The second-order valence-corrected chi connectivity index (χ2v) is 8.47. The number of aromatic nitrogens is 5. The highest BCUT2D eigenvalue weighted by Gasteiger charge is 2.27. The van der Waals surface area contributed by atoms with Crippen LogP contribution < -0.4 is 27.6 Å². The Labute approximate surface area is 188 Å². The first kappa shape index (κ1) is 23.7. The van der Waals surface area contributed by atoms with Crippen LogP contribution in [0.1, 0.15) is 27.7 Å². The summed E-state index contributed by atoms with van der Waals surface area (Å²) in [6.45, 7) is 7.43. The number of hydrogen-bond acceptors (Lipinski definition) is 8. The van der Waals surface area contributed by atoms with Crippen molar-refractivity contribution in [2.24, 2.45) is 11.8 Å². The first-order chi connectivity index (χ1) is 15.6. The van der Waals surface area contributed by atoms with Crippen LogP contribution in [0.25, 0.3) is 11.5 Å². The third-order valence-corrected chi connectivity index (χ3v) is 4.75. The number of nitrogens with zero attached hydrogens (tertiary/aromatic N) is 5. The number of nitrogen functional groups attached to an aromatic ring is 1. The van der Waals surface area contributed by atoms with Gasteiger partial charge in [0.15, 0.2) is 5.69 Å². The number of H-pyrrole nitrogens is 1. The van der Waals surface area contributed by atoms with Gasteiger partial charge in [-0.1, -0.05) is 38.9 Å². The summed E-state index contributed by atoms with van der Waals surface area (Å²) in [7, 11) is 0. The molecule has 0 spiro atoms. The first-order valence-electron chi connectivity index (χ1n) is 10.5. The Kier molecular flexibility index (Phi) is 6.95. The molecule has 0 fully saturated rings. The predicted molar refractivity (Wildman–Crippen MR) is 122 cm³/mol. The number of amides is 1. The van der Waals surface area contributed by atoms with E-state index in [9.17, 15) is 19.2 Å². The largest absolute Gasteiger partial charge is 0.442 e. The van der Waals surface area contributed by atoms with E-state index in [1.165, 1.54) is 15.7 Å². The lowest BCUT2D eigenvalue weighted by Gasteiger charge is -2.26. The molecule has 3 heterocycles. The molecule has 0 aromatic carbocycles. The van der Waals surface area contributed by atoms with Crippen LogP contribution in [0, 0.1) is 11.8 Å². The van der Waals surface area contributed by atoms with Gasteiger partial charge >= 0.3 is 11.4 Å². The van der Waals surface area contributed by atoms with Crippen molar-refractivity contribution < 1.29 is 9.32 Å². The molecule has 0 radical (unpaired) electrons. The van der Waals surface area contributed by atoms with E-state index in [2.05, 4.69) is 15.1 Å². The number of carbonyl (C=O) groups is 1. The van der Waals surface area contributed by atoms with Gasteiger partial charge in [0, 0.05) is 19.3 Å². The number of pyridine rings is 1. The maximum atomic E-state index is 13.4. The van der Waals surface area contributed by atoms with Crippen molar-refractivity contribution >= 4 is 17.4 Å². The maximum absolute atomic E-state index is 13.4. The van der Waals surface area contributed by atoms with Crippen molar-refractivity contribution in [3.05, 3.63) is 55.8 Å². The van der Waals surface area contributed by atoms with Gasteiger partial charge in [0.05, 0.1) is 0 Å². The smallest absolute Gasteiger partial charge is 0.383 e. The van der Waals surface area contributed by atoms with Crippen LogP contribution in [-0.2, 0) is 17.9 Å². The Morgan fingerprint density at radius 3 is 2.48 bits per heavy atom. The van der Waals surface area contributed by atoms with Crippen molar-refractivity contribution in [2.75, 3.05) is 17.2 Å². The molecule has 0 saturated carbocycles. The summed E-state index contributed by atoms with van der Waals surface area (Å²) in [5.41, 5.74) is 4.98. The number of anilines is 2. The van der Waals surface area contributed by atoms with Gasteiger partial charge in [0.25, 0.3) is 5.56 Å². The molecule has 33 heavy (non-hydrogen) atoms. The van der Waals surface area contributed by atoms with Crippen molar-refractivity contribution in [1.29, 1.82) is 0 Å². The van der Waals surface area contributed by atoms with Crippen LogP contribution in [0.4, 0.5) is 11.5 Å². The van der Waals surface area contributed by atoms with E-state index in [0.717, 1.165) is 4.57 Å². The molecule has 12 heteroatoms. The van der Waals surface area contributed by atoms with Crippen LogP contribution in [0.2, 0.25) is 0 Å². The van der Waals surface area contributed by atoms with Gasteiger partial charge in [-0.3, -0.25) is 28.6 Å². The Bertz CT molecular complexity index is 1300. The van der Waals surface area contributed by atoms with Crippen LogP contribution in [-0.4, -0.2) is 36.7 Å². The Morgan fingerprint density at radius 2 is 1.88 bits per heavy atom. The zero-order valence-corrected chi connectivity index (χ0v) is 18.9. The molecule has 0 aliphatic carbocycles. The van der Waals surface area contributed by atoms with Crippen LogP contribution in [0.5, 0.6) is 0 Å². The predicted octanol–water partition coefficient (Wildman–Crippen LogP) is 0.676. The molecule has 3 aromatic heterocycles. The highest BCUT2D eigenvalue weighted by molar-refractivity contribution is 5.95. The minimum absolute atomic E-state index is 0.0484. The van der Waals surface area contributed by atoms with Crippen molar-refractivity contribution in [2.45, 2.75) is 40.8 Å². The monoisotopic (exact) mass is 457 g/mol. The fourth-order valence-electron chi connectivity index (χ4n) is 3.37. The molecular formula is C21H27N7O5. The van der Waals surface area contributed by atoms with E-state index in [0.29, 0.717) is 5.69 Å². The lowest BCUT2D eigenvalue weighted by Crippen LogP contribution is -2.44. The molecule has 0 unspecified atom stereocenters. The molecule has 176 valence electrons. The molecule has 3 aromatic rings. The van der Waals surface area contributed by atoms with Gasteiger partial charge in [0.2, 0.25) is 11.7 Å². The summed E-state index contributed by atoms with van der Waals surface area (Å²) < 4.78 is 7.02. The fraction of sp³-hybridized carbons (Fsp3) is 0.429. The van der Waals surface area contributed by atoms with Gasteiger partial charge in [-0.15, -0.1) is 0 Å². The molecule has 12 nitrogen and oxygen atoms in total. The molecule has 3 N–H and O–H groups in total. The van der Waals surface area contributed by atoms with E-state index in [1.54, 1.807) is 18.2 Å². The third kappa shape index (κ3) is 5.10. The van der Waals surface area contributed by atoms with Crippen molar-refractivity contribution in [1.82, 2.24) is 24.3 Å². The van der Waals surface area contributed by atoms with Crippen molar-refractivity contribution in [3.8, 4) is 11.5 Å². The molecule has 0 atom stereocenters. The number of rotatable bonds is 8. The number of nitrogens with two attached hydrogens (primary N) is 1. The highest BCUT2D eigenvalue weighted by Crippen LogP contribution is 2.20. The normalized spacial score (nSPS) is 11.3. The first-order valence-corrected chi connectivity index (χ1v) is 10.5. The Hall–Kier alpha value is -3.96. The average molecular weight is 457 g/mol. The summed E-state index contributed by atoms with van der Waals surface area (Å²) in [6.07, 6.45) is 1.52. The van der Waals surface area contributed by atoms with Gasteiger partial charge in [-0.05, 0) is 24.0 Å². The second-order valence-electron chi connectivity index (χ2n) is 8.47. The van der Waals surface area contributed by atoms with Crippen LogP contribution >= 0.6 is 0 Å². The summed E-state index contributed by atoms with van der Waals surface area (Å²) in [5.74, 6) is -1.47. The molecule has 0 aliphatic heterocycles. The van der Waals surface area contributed by atoms with Gasteiger partial charge < -0.3 is 10.6 Å². The van der Waals surface area contributed by atoms with E-state index < -0.39 is 29.5 Å². The maximum Gasteiger partial charge on any atom is 0.442 e. The number of hydrogen-bond donors (Lipinski definition) is 2. The lowest BCUT2D eigenvalue weighted by atomic mass is 10.2. The fourth-order valence-corrected chi connectivity index (χ4v) is 3.37. The second kappa shape index (κ2) is 9.67. The van der Waals surface area contributed by atoms with Gasteiger partial charge in [-0.25, -0.2) is 14.2 Å². The molecule has 0 aliphatic rings. The number of carbonyl (C=O) groups excluding carboxylic acids is 1. The number of aromatic amines is 1. The molecule has 0 bridgehead atoms. The SMILES string of the molecule is CC(C)CN(C(=O)Cn1c(-c2ccccn2)noc1=O)c1c(N)n(CC(C)C)c(=O)[nH]c1=O. The summed E-state index contributed by atoms with van der Waals surface area (Å²) in [5, 5.41) is 3.73. The zero-order valence-electron chi connectivity index (χ0n) is 18.9. The van der Waals surface area contributed by atoms with Gasteiger partial charge in [0.1, 0.15) is 18.1 Å². The minimum atomic E-state index is -0.847. The lowest BCUT2D eigenvalue weighted by molar-refractivity contribution is -0.119. The molecular weight excluding hydrogens is 430 g/mol. The molecule has 0 saturated heterocycles. The topological polar surface area (TPSA) is 162 Å². The van der Waals surface area contributed by atoms with Crippen molar-refractivity contribution in [3.63, 3.8) is 0 Å².